The molecule has 0 N–H and O–H groups in total. The van der Waals surface area contributed by atoms with Gasteiger partial charge < -0.3 is 4.90 Å². The number of rotatable bonds is 3. The Hall–Kier alpha value is -3.16. The van der Waals surface area contributed by atoms with Crippen molar-refractivity contribution in [2.75, 3.05) is 13.1 Å². The molecule has 0 aromatic carbocycles. The molecule has 0 saturated carbocycles. The summed E-state index contributed by atoms with van der Waals surface area (Å²) >= 11 is 0. The minimum atomic E-state index is -0.110. The van der Waals surface area contributed by atoms with Crippen LogP contribution < -0.4 is 0 Å². The van der Waals surface area contributed by atoms with Gasteiger partial charge in [0.1, 0.15) is 11.5 Å². The first-order valence-corrected chi connectivity index (χ1v) is 8.70. The molecule has 4 heterocycles. The van der Waals surface area contributed by atoms with Gasteiger partial charge in [-0.05, 0) is 38.3 Å². The van der Waals surface area contributed by atoms with Crippen LogP contribution >= 0.6 is 0 Å². The third-order valence-corrected chi connectivity index (χ3v) is 4.34. The molecule has 1 saturated heterocycles. The number of piperidine rings is 1. The molecule has 8 heteroatoms. The summed E-state index contributed by atoms with van der Waals surface area (Å²) in [6, 6.07) is 5.54. The Labute approximate surface area is 151 Å². The number of carbonyl (C=O) groups excluding carboxylic acids is 1. The Morgan fingerprint density at radius 3 is 2.58 bits per heavy atom. The molecule has 26 heavy (non-hydrogen) atoms. The van der Waals surface area contributed by atoms with Crippen molar-refractivity contribution in [2.24, 2.45) is 0 Å². The standard InChI is InChI=1S/C18H19N7O/c1-13-22-17(25(23-13)14-7-3-4-8-19-14)15-16(21-10-9-20-15)18(26)24-11-5-2-6-12-24/h3-4,7-10H,2,5-6,11-12H2,1H3. The van der Waals surface area contributed by atoms with E-state index < -0.39 is 0 Å². The van der Waals surface area contributed by atoms with Gasteiger partial charge in [-0.2, -0.15) is 4.68 Å². The molecular weight excluding hydrogens is 330 g/mol. The summed E-state index contributed by atoms with van der Waals surface area (Å²) in [4.78, 5) is 32.4. The number of aryl methyl sites for hydroxylation is 1. The molecule has 0 atom stereocenters. The van der Waals surface area contributed by atoms with E-state index >= 15 is 0 Å². The molecule has 1 aliphatic heterocycles. The highest BCUT2D eigenvalue weighted by Gasteiger charge is 2.26. The van der Waals surface area contributed by atoms with Crippen LogP contribution in [0.3, 0.4) is 0 Å². The van der Waals surface area contributed by atoms with Crippen molar-refractivity contribution < 1.29 is 4.79 Å². The number of hydrogen-bond acceptors (Lipinski definition) is 6. The lowest BCUT2D eigenvalue weighted by molar-refractivity contribution is 0.0718. The maximum atomic E-state index is 13.0. The van der Waals surface area contributed by atoms with Crippen LogP contribution in [0.1, 0.15) is 35.6 Å². The molecule has 1 aliphatic rings. The molecule has 132 valence electrons. The average molecular weight is 349 g/mol. The molecule has 3 aromatic rings. The quantitative estimate of drug-likeness (QED) is 0.719. The predicted octanol–water partition coefficient (Wildman–Crippen LogP) is 2.05. The fraction of sp³-hybridized carbons (Fsp3) is 0.333. The maximum Gasteiger partial charge on any atom is 0.274 e. The van der Waals surface area contributed by atoms with E-state index in [1.165, 1.54) is 6.20 Å². The van der Waals surface area contributed by atoms with Crippen LogP contribution in [0.5, 0.6) is 0 Å². The highest BCUT2D eigenvalue weighted by atomic mass is 16.2. The van der Waals surface area contributed by atoms with Gasteiger partial charge in [-0.25, -0.2) is 19.9 Å². The van der Waals surface area contributed by atoms with Crippen molar-refractivity contribution in [2.45, 2.75) is 26.2 Å². The van der Waals surface area contributed by atoms with Crippen molar-refractivity contribution in [1.29, 1.82) is 0 Å². The molecule has 0 unspecified atom stereocenters. The second-order valence-corrected chi connectivity index (χ2v) is 6.19. The highest BCUT2D eigenvalue weighted by Crippen LogP contribution is 2.23. The van der Waals surface area contributed by atoms with Crippen LogP contribution in [-0.4, -0.2) is 53.6 Å². The predicted molar refractivity (Wildman–Crippen MR) is 94.7 cm³/mol. The lowest BCUT2D eigenvalue weighted by Gasteiger charge is -2.26. The zero-order valence-corrected chi connectivity index (χ0v) is 14.5. The van der Waals surface area contributed by atoms with Crippen molar-refractivity contribution in [3.05, 3.63) is 48.3 Å². The molecule has 1 fully saturated rings. The molecule has 4 rings (SSSR count). The fourth-order valence-electron chi connectivity index (χ4n) is 3.11. The number of carbonyl (C=O) groups is 1. The number of hydrogen-bond donors (Lipinski definition) is 0. The van der Waals surface area contributed by atoms with Crippen molar-refractivity contribution in [3.8, 4) is 17.3 Å². The van der Waals surface area contributed by atoms with E-state index in [2.05, 4.69) is 25.0 Å². The molecule has 1 amide bonds. The Balaban J connectivity index is 1.79. The van der Waals surface area contributed by atoms with Gasteiger partial charge in [0.25, 0.3) is 5.91 Å². The summed E-state index contributed by atoms with van der Waals surface area (Å²) in [6.07, 6.45) is 7.98. The largest absolute Gasteiger partial charge is 0.337 e. The number of likely N-dealkylation sites (tertiary alicyclic amines) is 1. The molecule has 0 spiro atoms. The summed E-state index contributed by atoms with van der Waals surface area (Å²) in [5.41, 5.74) is 0.730. The van der Waals surface area contributed by atoms with E-state index in [4.69, 9.17) is 0 Å². The van der Waals surface area contributed by atoms with Gasteiger partial charge in [-0.3, -0.25) is 4.79 Å². The van der Waals surface area contributed by atoms with E-state index in [9.17, 15) is 4.79 Å². The normalized spacial score (nSPS) is 14.4. The minimum Gasteiger partial charge on any atom is -0.337 e. The Bertz CT molecular complexity index is 916. The maximum absolute atomic E-state index is 13.0. The number of pyridine rings is 1. The van der Waals surface area contributed by atoms with E-state index in [-0.39, 0.29) is 5.91 Å². The lowest BCUT2D eigenvalue weighted by atomic mass is 10.1. The summed E-state index contributed by atoms with van der Waals surface area (Å²) in [5.74, 6) is 1.55. The van der Waals surface area contributed by atoms with Gasteiger partial charge >= 0.3 is 0 Å². The van der Waals surface area contributed by atoms with Crippen LogP contribution in [0.2, 0.25) is 0 Å². The second-order valence-electron chi connectivity index (χ2n) is 6.19. The van der Waals surface area contributed by atoms with Gasteiger partial charge in [-0.15, -0.1) is 5.10 Å². The topological polar surface area (TPSA) is 89.7 Å². The number of amides is 1. The molecule has 0 radical (unpaired) electrons. The van der Waals surface area contributed by atoms with Gasteiger partial charge in [0, 0.05) is 31.7 Å². The smallest absolute Gasteiger partial charge is 0.274 e. The Morgan fingerprint density at radius 2 is 1.81 bits per heavy atom. The molecule has 3 aromatic heterocycles. The first-order chi connectivity index (χ1) is 12.7. The summed E-state index contributed by atoms with van der Waals surface area (Å²) in [6.45, 7) is 3.30. The summed E-state index contributed by atoms with van der Waals surface area (Å²) < 4.78 is 1.60. The third-order valence-electron chi connectivity index (χ3n) is 4.34. The minimum absolute atomic E-state index is 0.110. The lowest BCUT2D eigenvalue weighted by Crippen LogP contribution is -2.36. The Kier molecular flexibility index (Phi) is 4.39. The zero-order chi connectivity index (χ0) is 17.9. The second kappa shape index (κ2) is 6.99. The van der Waals surface area contributed by atoms with Crippen LogP contribution in [0.4, 0.5) is 0 Å². The first kappa shape index (κ1) is 16.3. The van der Waals surface area contributed by atoms with Gasteiger partial charge in [0.05, 0.1) is 0 Å². The summed E-state index contributed by atoms with van der Waals surface area (Å²) in [5, 5.41) is 4.42. The Morgan fingerprint density at radius 1 is 1.00 bits per heavy atom. The highest BCUT2D eigenvalue weighted by molar-refractivity contribution is 5.97. The van der Waals surface area contributed by atoms with Crippen molar-refractivity contribution in [1.82, 2.24) is 34.6 Å². The van der Waals surface area contributed by atoms with E-state index in [0.717, 1.165) is 32.4 Å². The van der Waals surface area contributed by atoms with Gasteiger partial charge in [0.2, 0.25) is 0 Å². The van der Waals surface area contributed by atoms with Gasteiger partial charge in [0.15, 0.2) is 17.3 Å². The number of aromatic nitrogens is 6. The third kappa shape index (κ3) is 3.05. The van der Waals surface area contributed by atoms with Crippen LogP contribution in [0.25, 0.3) is 17.3 Å². The SMILES string of the molecule is Cc1nc(-c2nccnc2C(=O)N2CCCCC2)n(-c2ccccn2)n1. The van der Waals surface area contributed by atoms with E-state index in [0.29, 0.717) is 28.9 Å². The van der Waals surface area contributed by atoms with E-state index in [1.54, 1.807) is 24.0 Å². The van der Waals surface area contributed by atoms with Gasteiger partial charge in [-0.1, -0.05) is 6.07 Å². The van der Waals surface area contributed by atoms with E-state index in [1.807, 2.05) is 23.1 Å². The van der Waals surface area contributed by atoms with Crippen LogP contribution in [0, 0.1) is 6.92 Å². The fourth-order valence-corrected chi connectivity index (χ4v) is 3.11. The monoisotopic (exact) mass is 349 g/mol. The van der Waals surface area contributed by atoms with Crippen molar-refractivity contribution in [3.63, 3.8) is 0 Å². The average Bonchev–Trinajstić information content (AvgIpc) is 3.10. The van der Waals surface area contributed by atoms with Crippen LogP contribution in [0.15, 0.2) is 36.8 Å². The molecule has 0 aliphatic carbocycles. The summed E-state index contributed by atoms with van der Waals surface area (Å²) in [7, 11) is 0. The molecule has 0 bridgehead atoms. The van der Waals surface area contributed by atoms with Crippen molar-refractivity contribution >= 4 is 5.91 Å². The van der Waals surface area contributed by atoms with Crippen LogP contribution in [-0.2, 0) is 0 Å². The zero-order valence-electron chi connectivity index (χ0n) is 14.5. The first-order valence-electron chi connectivity index (χ1n) is 8.70. The molecular formula is C18H19N7O. The number of nitrogens with zero attached hydrogens (tertiary/aromatic N) is 7. The molecule has 8 nitrogen and oxygen atoms in total.